The summed E-state index contributed by atoms with van der Waals surface area (Å²) in [5, 5.41) is 15.2. The molecule has 1 aliphatic rings. The van der Waals surface area contributed by atoms with E-state index in [1.54, 1.807) is 0 Å². The van der Waals surface area contributed by atoms with Gasteiger partial charge in [0, 0.05) is 11.0 Å². The fourth-order valence-electron chi connectivity index (χ4n) is 1.88. The Bertz CT molecular complexity index is 437. The van der Waals surface area contributed by atoms with E-state index in [9.17, 15) is 9.90 Å². The van der Waals surface area contributed by atoms with Crippen molar-refractivity contribution in [3.8, 4) is 0 Å². The number of β-amino-alcohol motifs (C(OH)–C–C–N with tert-alkyl or cyclic N) is 1. The van der Waals surface area contributed by atoms with Gasteiger partial charge < -0.3 is 15.7 Å². The number of hydrogen-bond donors (Lipinski definition) is 3. The highest BCUT2D eigenvalue weighted by Gasteiger charge is 2.28. The number of amides is 1. The normalized spacial score (nSPS) is 23.7. The van der Waals surface area contributed by atoms with E-state index in [-0.39, 0.29) is 11.9 Å². The van der Waals surface area contributed by atoms with Crippen LogP contribution in [0.15, 0.2) is 22.7 Å². The van der Waals surface area contributed by atoms with Gasteiger partial charge in [-0.05, 0) is 40.9 Å². The lowest BCUT2D eigenvalue weighted by Crippen LogP contribution is -2.35. The summed E-state index contributed by atoms with van der Waals surface area (Å²) in [6.07, 6.45) is 0.0432. The monoisotopic (exact) mass is 298 g/mol. The molecule has 92 valence electrons. The summed E-state index contributed by atoms with van der Waals surface area (Å²) in [6.45, 7) is 2.45. The molecule has 3 N–H and O–H groups in total. The van der Waals surface area contributed by atoms with Gasteiger partial charge in [-0.15, -0.1) is 0 Å². The van der Waals surface area contributed by atoms with Gasteiger partial charge in [0.1, 0.15) is 0 Å². The first kappa shape index (κ1) is 12.5. The van der Waals surface area contributed by atoms with Crippen LogP contribution in [-0.4, -0.2) is 29.7 Å². The molecule has 1 amide bonds. The first-order valence-electron chi connectivity index (χ1n) is 5.55. The molecule has 4 nitrogen and oxygen atoms in total. The Labute approximate surface area is 109 Å². The van der Waals surface area contributed by atoms with Crippen LogP contribution >= 0.6 is 15.9 Å². The predicted molar refractivity (Wildman–Crippen MR) is 69.9 cm³/mol. The van der Waals surface area contributed by atoms with Gasteiger partial charge in [-0.2, -0.15) is 0 Å². The Kier molecular flexibility index (Phi) is 3.81. The summed E-state index contributed by atoms with van der Waals surface area (Å²) in [6, 6.07) is 5.40. The molecule has 2 atom stereocenters. The van der Waals surface area contributed by atoms with E-state index in [1.165, 1.54) is 0 Å². The molecule has 1 fully saturated rings. The second-order valence-corrected chi connectivity index (χ2v) is 5.07. The molecule has 0 bridgehead atoms. The standard InChI is InChI=1S/C12H15BrN2O2/c1-7-3-2-4-9(11(7)13)15-12(17)10-5-8(16)6-14-10/h2-4,8,10,14,16H,5-6H2,1H3,(H,15,17). The lowest BCUT2D eigenvalue weighted by Gasteiger charge is -2.13. The summed E-state index contributed by atoms with van der Waals surface area (Å²) in [7, 11) is 0. The van der Waals surface area contributed by atoms with Crippen molar-refractivity contribution in [3.63, 3.8) is 0 Å². The van der Waals surface area contributed by atoms with E-state index < -0.39 is 6.10 Å². The van der Waals surface area contributed by atoms with Crippen LogP contribution in [0, 0.1) is 6.92 Å². The first-order valence-corrected chi connectivity index (χ1v) is 6.34. The summed E-state index contributed by atoms with van der Waals surface area (Å²) in [5.41, 5.74) is 1.83. The highest BCUT2D eigenvalue weighted by Crippen LogP contribution is 2.26. The molecular weight excluding hydrogens is 284 g/mol. The molecule has 0 saturated carbocycles. The molecular formula is C12H15BrN2O2. The molecule has 0 spiro atoms. The zero-order chi connectivity index (χ0) is 12.4. The van der Waals surface area contributed by atoms with Crippen LogP contribution in [0.2, 0.25) is 0 Å². The van der Waals surface area contributed by atoms with Gasteiger partial charge in [0.15, 0.2) is 0 Å². The number of nitrogens with one attached hydrogen (secondary N) is 2. The van der Waals surface area contributed by atoms with E-state index in [1.807, 2.05) is 25.1 Å². The maximum atomic E-state index is 11.9. The van der Waals surface area contributed by atoms with Crippen LogP contribution in [0.5, 0.6) is 0 Å². The number of hydrogen-bond acceptors (Lipinski definition) is 3. The average Bonchev–Trinajstić information content (AvgIpc) is 2.72. The topological polar surface area (TPSA) is 61.4 Å². The third kappa shape index (κ3) is 2.86. The van der Waals surface area contributed by atoms with Crippen molar-refractivity contribution in [1.82, 2.24) is 5.32 Å². The number of anilines is 1. The maximum Gasteiger partial charge on any atom is 0.241 e. The molecule has 5 heteroatoms. The molecule has 1 saturated heterocycles. The lowest BCUT2D eigenvalue weighted by molar-refractivity contribution is -0.117. The van der Waals surface area contributed by atoms with E-state index >= 15 is 0 Å². The molecule has 1 aliphatic heterocycles. The fraction of sp³-hybridized carbons (Fsp3) is 0.417. The zero-order valence-corrected chi connectivity index (χ0v) is 11.1. The molecule has 0 aromatic heterocycles. The number of halogens is 1. The second-order valence-electron chi connectivity index (χ2n) is 4.28. The summed E-state index contributed by atoms with van der Waals surface area (Å²) in [4.78, 5) is 11.9. The zero-order valence-electron chi connectivity index (χ0n) is 9.53. The minimum atomic E-state index is -0.424. The van der Waals surface area contributed by atoms with E-state index in [0.29, 0.717) is 13.0 Å². The third-order valence-electron chi connectivity index (χ3n) is 2.87. The number of benzene rings is 1. The quantitative estimate of drug-likeness (QED) is 0.774. The van der Waals surface area contributed by atoms with E-state index in [4.69, 9.17) is 0 Å². The highest BCUT2D eigenvalue weighted by molar-refractivity contribution is 9.10. The van der Waals surface area contributed by atoms with Gasteiger partial charge in [0.25, 0.3) is 0 Å². The van der Waals surface area contributed by atoms with Crippen molar-refractivity contribution in [2.24, 2.45) is 0 Å². The van der Waals surface area contributed by atoms with E-state index in [0.717, 1.165) is 15.7 Å². The largest absolute Gasteiger partial charge is 0.392 e. The lowest BCUT2D eigenvalue weighted by atomic mass is 10.1. The Morgan fingerprint density at radius 1 is 1.59 bits per heavy atom. The van der Waals surface area contributed by atoms with Crippen LogP contribution in [0.25, 0.3) is 0 Å². The van der Waals surface area contributed by atoms with Gasteiger partial charge in [0.05, 0.1) is 17.8 Å². The molecule has 0 radical (unpaired) electrons. The molecule has 17 heavy (non-hydrogen) atoms. The van der Waals surface area contributed by atoms with Crippen molar-refractivity contribution < 1.29 is 9.90 Å². The molecule has 2 unspecified atom stereocenters. The van der Waals surface area contributed by atoms with E-state index in [2.05, 4.69) is 26.6 Å². The minimum absolute atomic E-state index is 0.104. The number of rotatable bonds is 2. The summed E-state index contributed by atoms with van der Waals surface area (Å²) >= 11 is 3.44. The van der Waals surface area contributed by atoms with Crippen LogP contribution in [0.3, 0.4) is 0 Å². The van der Waals surface area contributed by atoms with Crippen LogP contribution in [0.1, 0.15) is 12.0 Å². The number of carbonyl (C=O) groups is 1. The Morgan fingerprint density at radius 2 is 2.35 bits per heavy atom. The Hall–Kier alpha value is -0.910. The maximum absolute atomic E-state index is 11.9. The smallest absolute Gasteiger partial charge is 0.241 e. The van der Waals surface area contributed by atoms with Gasteiger partial charge >= 0.3 is 0 Å². The SMILES string of the molecule is Cc1cccc(NC(=O)C2CC(O)CN2)c1Br. The minimum Gasteiger partial charge on any atom is -0.392 e. The Morgan fingerprint density at radius 3 is 3.00 bits per heavy atom. The number of aryl methyl sites for hydroxylation is 1. The molecule has 2 rings (SSSR count). The predicted octanol–water partition coefficient (Wildman–Crippen LogP) is 1.42. The van der Waals surface area contributed by atoms with Gasteiger partial charge in [-0.3, -0.25) is 4.79 Å². The number of carbonyl (C=O) groups excluding carboxylic acids is 1. The number of aliphatic hydroxyl groups is 1. The van der Waals surface area contributed by atoms with Gasteiger partial charge in [-0.1, -0.05) is 12.1 Å². The van der Waals surface area contributed by atoms with Gasteiger partial charge in [-0.25, -0.2) is 0 Å². The van der Waals surface area contributed by atoms with Crippen molar-refractivity contribution in [1.29, 1.82) is 0 Å². The molecule has 1 aromatic carbocycles. The van der Waals surface area contributed by atoms with Crippen LogP contribution in [-0.2, 0) is 4.79 Å². The van der Waals surface area contributed by atoms with Crippen molar-refractivity contribution in [3.05, 3.63) is 28.2 Å². The average molecular weight is 299 g/mol. The van der Waals surface area contributed by atoms with Crippen LogP contribution in [0.4, 0.5) is 5.69 Å². The molecule has 1 heterocycles. The van der Waals surface area contributed by atoms with Crippen molar-refractivity contribution in [2.45, 2.75) is 25.5 Å². The first-order chi connectivity index (χ1) is 8.08. The van der Waals surface area contributed by atoms with Gasteiger partial charge in [0.2, 0.25) is 5.91 Å². The Balaban J connectivity index is 2.06. The van der Waals surface area contributed by atoms with Crippen LogP contribution < -0.4 is 10.6 Å². The fourth-order valence-corrected chi connectivity index (χ4v) is 2.24. The molecule has 1 aromatic rings. The summed E-state index contributed by atoms with van der Waals surface area (Å²) < 4.78 is 0.895. The van der Waals surface area contributed by atoms with Crippen molar-refractivity contribution >= 4 is 27.5 Å². The molecule has 0 aliphatic carbocycles. The summed E-state index contributed by atoms with van der Waals surface area (Å²) in [5.74, 6) is -0.104. The number of aliphatic hydroxyl groups excluding tert-OH is 1. The van der Waals surface area contributed by atoms with Crippen molar-refractivity contribution in [2.75, 3.05) is 11.9 Å². The third-order valence-corrected chi connectivity index (χ3v) is 3.93. The second kappa shape index (κ2) is 5.16. The highest BCUT2D eigenvalue weighted by atomic mass is 79.9.